The number of rotatable bonds is 3. The number of amides is 1. The van der Waals surface area contributed by atoms with E-state index >= 15 is 0 Å². The number of thiophene rings is 1. The summed E-state index contributed by atoms with van der Waals surface area (Å²) in [6.45, 7) is 1.59. The minimum atomic E-state index is -0.325. The number of carbonyl (C=O) groups excluding carboxylic acids is 1. The molecule has 0 unspecified atom stereocenters. The van der Waals surface area contributed by atoms with Crippen molar-refractivity contribution in [3.05, 3.63) is 50.4 Å². The molecule has 1 aromatic heterocycles. The summed E-state index contributed by atoms with van der Waals surface area (Å²) in [5.74, 6) is -0.294. The van der Waals surface area contributed by atoms with Crippen molar-refractivity contribution >= 4 is 38.9 Å². The number of nitrogens with zero attached hydrogens (tertiary/aromatic N) is 1. The molecule has 0 bridgehead atoms. The van der Waals surface area contributed by atoms with Gasteiger partial charge in [-0.2, -0.15) is 0 Å². The first-order valence-corrected chi connectivity index (χ1v) is 8.32. The molecule has 3 nitrogen and oxygen atoms in total. The van der Waals surface area contributed by atoms with Crippen LogP contribution in [0.5, 0.6) is 0 Å². The van der Waals surface area contributed by atoms with Crippen molar-refractivity contribution < 1.29 is 9.18 Å². The Labute approximate surface area is 134 Å². The average molecular weight is 369 g/mol. The number of hydrogen-bond donors (Lipinski definition) is 1. The first kappa shape index (κ1) is 14.5. The van der Waals surface area contributed by atoms with Gasteiger partial charge in [-0.3, -0.25) is 4.79 Å². The van der Waals surface area contributed by atoms with Gasteiger partial charge in [0.15, 0.2) is 0 Å². The molecule has 110 valence electrons. The quantitative estimate of drug-likeness (QED) is 0.896. The average Bonchev–Trinajstić information content (AvgIpc) is 2.95. The predicted octanol–water partition coefficient (Wildman–Crippen LogP) is 3.65. The highest BCUT2D eigenvalue weighted by molar-refractivity contribution is 9.10. The summed E-state index contributed by atoms with van der Waals surface area (Å²) in [5, 5.41) is 5.06. The summed E-state index contributed by atoms with van der Waals surface area (Å²) >= 11 is 5.09. The number of fused-ring (bicyclic) bond motifs is 1. The first-order valence-electron chi connectivity index (χ1n) is 6.65. The molecule has 1 aromatic carbocycles. The zero-order chi connectivity index (χ0) is 14.8. The fourth-order valence-electron chi connectivity index (χ4n) is 2.38. The summed E-state index contributed by atoms with van der Waals surface area (Å²) in [6, 6.07) is 6.46. The van der Waals surface area contributed by atoms with Crippen LogP contribution in [-0.4, -0.2) is 23.9 Å². The van der Waals surface area contributed by atoms with Crippen LogP contribution in [0.1, 0.15) is 10.4 Å². The van der Waals surface area contributed by atoms with Crippen LogP contribution in [0.15, 0.2) is 34.1 Å². The van der Waals surface area contributed by atoms with Crippen LogP contribution in [-0.2, 0) is 17.8 Å². The summed E-state index contributed by atoms with van der Waals surface area (Å²) < 4.78 is 13.9. The molecule has 2 heterocycles. The molecule has 1 N–H and O–H groups in total. The fraction of sp³-hybridized carbons (Fsp3) is 0.267. The Kier molecular flexibility index (Phi) is 4.26. The second-order valence-corrected chi connectivity index (χ2v) is 6.77. The Balaban J connectivity index is 1.61. The molecule has 0 spiro atoms. The topological polar surface area (TPSA) is 32.3 Å². The minimum absolute atomic E-state index is 0.0306. The van der Waals surface area contributed by atoms with Crippen LogP contribution in [0, 0.1) is 5.82 Å². The number of benzene rings is 1. The van der Waals surface area contributed by atoms with Gasteiger partial charge >= 0.3 is 0 Å². The molecule has 1 aliphatic heterocycles. The molecule has 0 aliphatic carbocycles. The molecule has 1 amide bonds. The van der Waals surface area contributed by atoms with Crippen LogP contribution in [0.4, 0.5) is 10.1 Å². The second-order valence-electron chi connectivity index (χ2n) is 4.91. The van der Waals surface area contributed by atoms with E-state index in [0.29, 0.717) is 12.2 Å². The highest BCUT2D eigenvalue weighted by Crippen LogP contribution is 2.25. The van der Waals surface area contributed by atoms with Crippen molar-refractivity contribution in [1.29, 1.82) is 0 Å². The molecule has 0 radical (unpaired) electrons. The van der Waals surface area contributed by atoms with Gasteiger partial charge in [0, 0.05) is 22.4 Å². The summed E-state index contributed by atoms with van der Waals surface area (Å²) in [7, 11) is 0. The largest absolute Gasteiger partial charge is 0.375 e. The van der Waals surface area contributed by atoms with Gasteiger partial charge in [-0.15, -0.1) is 11.3 Å². The molecule has 2 aromatic rings. The minimum Gasteiger partial charge on any atom is -0.375 e. The van der Waals surface area contributed by atoms with Gasteiger partial charge in [-0.1, -0.05) is 0 Å². The van der Waals surface area contributed by atoms with Gasteiger partial charge in [-0.25, -0.2) is 4.39 Å². The van der Waals surface area contributed by atoms with Crippen LogP contribution in [0.25, 0.3) is 0 Å². The van der Waals surface area contributed by atoms with E-state index < -0.39 is 0 Å². The monoisotopic (exact) mass is 368 g/mol. The zero-order valence-electron chi connectivity index (χ0n) is 11.2. The number of anilines is 1. The Morgan fingerprint density at radius 2 is 2.29 bits per heavy atom. The van der Waals surface area contributed by atoms with E-state index in [2.05, 4.69) is 32.7 Å². The van der Waals surface area contributed by atoms with Crippen LogP contribution in [0.2, 0.25) is 0 Å². The third-order valence-electron chi connectivity index (χ3n) is 3.52. The van der Waals surface area contributed by atoms with Gasteiger partial charge < -0.3 is 10.2 Å². The van der Waals surface area contributed by atoms with Gasteiger partial charge in [0.1, 0.15) is 5.82 Å². The van der Waals surface area contributed by atoms with E-state index in [1.807, 2.05) is 4.90 Å². The fourth-order valence-corrected chi connectivity index (χ4v) is 3.65. The maximum Gasteiger partial charge on any atom is 0.242 e. The second kappa shape index (κ2) is 6.15. The molecule has 21 heavy (non-hydrogen) atoms. The molecule has 3 rings (SSSR count). The summed E-state index contributed by atoms with van der Waals surface area (Å²) in [4.78, 5) is 15.5. The molecule has 0 saturated carbocycles. The SMILES string of the molecule is O=C(CNc1cc(F)ccc1Br)N1CCc2sccc2C1. The molecular formula is C15H14BrFN2OS. The standard InChI is InChI=1S/C15H14BrFN2OS/c16-12-2-1-11(17)7-13(12)18-8-15(20)19-5-3-14-10(9-19)4-6-21-14/h1-2,4,6-7,18H,3,5,8-9H2. The lowest BCUT2D eigenvalue weighted by molar-refractivity contribution is -0.130. The van der Waals surface area contributed by atoms with Crippen LogP contribution in [0.3, 0.4) is 0 Å². The molecular weight excluding hydrogens is 355 g/mol. The number of carbonyl (C=O) groups is 1. The molecule has 0 saturated heterocycles. The van der Waals surface area contributed by atoms with Crippen LogP contribution >= 0.6 is 27.3 Å². The lowest BCUT2D eigenvalue weighted by Gasteiger charge is -2.27. The highest BCUT2D eigenvalue weighted by atomic mass is 79.9. The molecule has 0 atom stereocenters. The van der Waals surface area contributed by atoms with E-state index in [0.717, 1.165) is 17.4 Å². The maximum absolute atomic E-state index is 13.2. The zero-order valence-corrected chi connectivity index (χ0v) is 13.6. The Hall–Kier alpha value is -1.40. The smallest absolute Gasteiger partial charge is 0.242 e. The van der Waals surface area contributed by atoms with Gasteiger partial charge in [0.2, 0.25) is 5.91 Å². The number of halogens is 2. The number of hydrogen-bond acceptors (Lipinski definition) is 3. The summed E-state index contributed by atoms with van der Waals surface area (Å²) in [5.41, 5.74) is 1.84. The maximum atomic E-state index is 13.2. The Bertz CT molecular complexity index is 673. The van der Waals surface area contributed by atoms with Crippen molar-refractivity contribution in [2.45, 2.75) is 13.0 Å². The van der Waals surface area contributed by atoms with E-state index in [1.165, 1.54) is 22.6 Å². The van der Waals surface area contributed by atoms with Gasteiger partial charge in [0.05, 0.1) is 12.2 Å². The molecule has 0 fully saturated rings. The number of nitrogens with one attached hydrogen (secondary N) is 1. The normalized spacial score (nSPS) is 13.9. The van der Waals surface area contributed by atoms with Gasteiger partial charge in [0.25, 0.3) is 0 Å². The van der Waals surface area contributed by atoms with Crippen molar-refractivity contribution in [2.75, 3.05) is 18.4 Å². The third-order valence-corrected chi connectivity index (χ3v) is 5.23. The van der Waals surface area contributed by atoms with Gasteiger partial charge in [-0.05, 0) is 57.6 Å². The van der Waals surface area contributed by atoms with E-state index in [-0.39, 0.29) is 18.3 Å². The Morgan fingerprint density at radius 3 is 3.14 bits per heavy atom. The van der Waals surface area contributed by atoms with Crippen molar-refractivity contribution in [3.8, 4) is 0 Å². The van der Waals surface area contributed by atoms with E-state index in [1.54, 1.807) is 17.4 Å². The predicted molar refractivity (Wildman–Crippen MR) is 86.0 cm³/mol. The van der Waals surface area contributed by atoms with Crippen molar-refractivity contribution in [3.63, 3.8) is 0 Å². The van der Waals surface area contributed by atoms with E-state index in [4.69, 9.17) is 0 Å². The highest BCUT2D eigenvalue weighted by Gasteiger charge is 2.21. The molecule has 6 heteroatoms. The van der Waals surface area contributed by atoms with Crippen molar-refractivity contribution in [2.24, 2.45) is 0 Å². The Morgan fingerprint density at radius 1 is 1.43 bits per heavy atom. The van der Waals surface area contributed by atoms with E-state index in [9.17, 15) is 9.18 Å². The first-order chi connectivity index (χ1) is 10.1. The molecule has 1 aliphatic rings. The lowest BCUT2D eigenvalue weighted by Crippen LogP contribution is -2.38. The summed E-state index contributed by atoms with van der Waals surface area (Å²) in [6.07, 6.45) is 0.919. The van der Waals surface area contributed by atoms with Crippen molar-refractivity contribution in [1.82, 2.24) is 4.90 Å². The van der Waals surface area contributed by atoms with Crippen LogP contribution < -0.4 is 5.32 Å². The third kappa shape index (κ3) is 3.27. The lowest BCUT2D eigenvalue weighted by atomic mass is 10.1.